The molecule has 1 N–H and O–H groups in total. The Labute approximate surface area is 131 Å². The number of anilines is 1. The number of carbonyl (C=O) groups excluding carboxylic acids is 2. The van der Waals surface area contributed by atoms with E-state index in [0.717, 1.165) is 25.9 Å². The maximum Gasteiger partial charge on any atom is 0.244 e. The van der Waals surface area contributed by atoms with Crippen molar-refractivity contribution in [1.29, 1.82) is 0 Å². The van der Waals surface area contributed by atoms with Crippen molar-refractivity contribution in [2.75, 3.05) is 31.1 Å². The van der Waals surface area contributed by atoms with E-state index in [1.54, 1.807) is 6.92 Å². The molecule has 118 valence electrons. The predicted octanol–water partition coefficient (Wildman–Crippen LogP) is 1.25. The van der Waals surface area contributed by atoms with Crippen molar-refractivity contribution < 1.29 is 9.59 Å². The monoisotopic (exact) mass is 301 g/mol. The maximum atomic E-state index is 12.4. The summed E-state index contributed by atoms with van der Waals surface area (Å²) in [6.07, 6.45) is 1.92. The van der Waals surface area contributed by atoms with Crippen LogP contribution in [-0.4, -0.2) is 48.9 Å². The third-order valence-electron chi connectivity index (χ3n) is 4.39. The summed E-state index contributed by atoms with van der Waals surface area (Å²) in [6, 6.07) is 9.83. The first kappa shape index (κ1) is 14.9. The van der Waals surface area contributed by atoms with Crippen LogP contribution in [0.25, 0.3) is 0 Å². The van der Waals surface area contributed by atoms with Crippen LogP contribution >= 0.6 is 0 Å². The van der Waals surface area contributed by atoms with Gasteiger partial charge in [0.1, 0.15) is 6.04 Å². The van der Waals surface area contributed by atoms with Gasteiger partial charge < -0.3 is 15.1 Å². The molecule has 22 heavy (non-hydrogen) atoms. The average molecular weight is 301 g/mol. The third-order valence-corrected chi connectivity index (χ3v) is 4.39. The number of carbonyl (C=O) groups is 2. The van der Waals surface area contributed by atoms with Gasteiger partial charge in [-0.25, -0.2) is 0 Å². The number of nitrogens with one attached hydrogen (secondary N) is 1. The zero-order valence-electron chi connectivity index (χ0n) is 13.0. The third kappa shape index (κ3) is 3.40. The highest BCUT2D eigenvalue weighted by molar-refractivity contribution is 5.89. The summed E-state index contributed by atoms with van der Waals surface area (Å²) < 4.78 is 0. The molecule has 0 aromatic heterocycles. The van der Waals surface area contributed by atoms with E-state index >= 15 is 0 Å². The molecule has 1 aliphatic heterocycles. The molecule has 2 aliphatic rings. The molecule has 1 heterocycles. The highest BCUT2D eigenvalue weighted by atomic mass is 16.2. The van der Waals surface area contributed by atoms with Crippen LogP contribution < -0.4 is 10.2 Å². The summed E-state index contributed by atoms with van der Waals surface area (Å²) in [7, 11) is 0. The summed E-state index contributed by atoms with van der Waals surface area (Å²) in [6.45, 7) is 4.86. The number of hydrogen-bond donors (Lipinski definition) is 1. The minimum atomic E-state index is -0.420. The molecule has 0 radical (unpaired) electrons. The van der Waals surface area contributed by atoms with E-state index in [1.165, 1.54) is 5.69 Å². The van der Waals surface area contributed by atoms with Crippen molar-refractivity contribution in [3.05, 3.63) is 30.3 Å². The summed E-state index contributed by atoms with van der Waals surface area (Å²) in [5, 5.41) is 2.84. The molecule has 1 saturated heterocycles. The lowest BCUT2D eigenvalue weighted by Gasteiger charge is -2.37. The number of piperazine rings is 1. The van der Waals surface area contributed by atoms with Crippen molar-refractivity contribution in [2.24, 2.45) is 5.92 Å². The zero-order chi connectivity index (χ0) is 15.5. The van der Waals surface area contributed by atoms with Gasteiger partial charge in [0.15, 0.2) is 0 Å². The first-order valence-electron chi connectivity index (χ1n) is 8.04. The summed E-state index contributed by atoms with van der Waals surface area (Å²) in [5.41, 5.74) is 1.20. The second-order valence-electron chi connectivity index (χ2n) is 6.15. The minimum absolute atomic E-state index is 0.0294. The van der Waals surface area contributed by atoms with Crippen LogP contribution in [-0.2, 0) is 9.59 Å². The van der Waals surface area contributed by atoms with E-state index in [4.69, 9.17) is 0 Å². The molecule has 3 rings (SSSR count). The van der Waals surface area contributed by atoms with Crippen molar-refractivity contribution in [3.8, 4) is 0 Å². The lowest BCUT2D eigenvalue weighted by Crippen LogP contribution is -2.54. The van der Waals surface area contributed by atoms with Gasteiger partial charge in [0.25, 0.3) is 0 Å². The fourth-order valence-electron chi connectivity index (χ4n) is 2.84. The van der Waals surface area contributed by atoms with E-state index in [1.807, 2.05) is 23.1 Å². The van der Waals surface area contributed by atoms with Crippen molar-refractivity contribution in [2.45, 2.75) is 25.8 Å². The zero-order valence-corrected chi connectivity index (χ0v) is 13.0. The van der Waals surface area contributed by atoms with Crippen molar-refractivity contribution in [3.63, 3.8) is 0 Å². The van der Waals surface area contributed by atoms with Crippen LogP contribution in [0.5, 0.6) is 0 Å². The largest absolute Gasteiger partial charge is 0.368 e. The van der Waals surface area contributed by atoms with Gasteiger partial charge >= 0.3 is 0 Å². The topological polar surface area (TPSA) is 52.7 Å². The Morgan fingerprint density at radius 2 is 1.73 bits per heavy atom. The van der Waals surface area contributed by atoms with Crippen LogP contribution in [0.3, 0.4) is 0 Å². The Kier molecular flexibility index (Phi) is 4.32. The Morgan fingerprint density at radius 3 is 2.32 bits per heavy atom. The molecule has 0 spiro atoms. The number of nitrogens with zero attached hydrogens (tertiary/aromatic N) is 2. The van der Waals surface area contributed by atoms with Gasteiger partial charge in [-0.2, -0.15) is 0 Å². The van der Waals surface area contributed by atoms with Crippen LogP contribution in [0.15, 0.2) is 30.3 Å². The van der Waals surface area contributed by atoms with Gasteiger partial charge in [-0.05, 0) is 31.9 Å². The second-order valence-corrected chi connectivity index (χ2v) is 6.15. The SMILES string of the molecule is C[C@@H](NC(=O)C1CC1)C(=O)N1CCN(c2ccccc2)CC1. The van der Waals surface area contributed by atoms with Crippen LogP contribution in [0.1, 0.15) is 19.8 Å². The van der Waals surface area contributed by atoms with E-state index in [0.29, 0.717) is 13.1 Å². The first-order valence-corrected chi connectivity index (χ1v) is 8.04. The molecule has 1 atom stereocenters. The van der Waals surface area contributed by atoms with E-state index in [-0.39, 0.29) is 17.7 Å². The number of para-hydroxylation sites is 1. The molecular weight excluding hydrogens is 278 g/mol. The Balaban J connectivity index is 1.50. The Hall–Kier alpha value is -2.04. The summed E-state index contributed by atoms with van der Waals surface area (Å²) in [5.74, 6) is 0.204. The molecule has 5 nitrogen and oxygen atoms in total. The summed E-state index contributed by atoms with van der Waals surface area (Å²) in [4.78, 5) is 28.3. The standard InChI is InChI=1S/C17H23N3O2/c1-13(18-16(21)14-7-8-14)17(22)20-11-9-19(10-12-20)15-5-3-2-4-6-15/h2-6,13-14H,7-12H2,1H3,(H,18,21)/t13-/m1/s1. The van der Waals surface area contributed by atoms with Crippen molar-refractivity contribution >= 4 is 17.5 Å². The van der Waals surface area contributed by atoms with Gasteiger partial charge in [0.05, 0.1) is 0 Å². The molecule has 1 saturated carbocycles. The van der Waals surface area contributed by atoms with Gasteiger partial charge in [0.2, 0.25) is 11.8 Å². The molecule has 1 aromatic rings. The summed E-state index contributed by atoms with van der Waals surface area (Å²) >= 11 is 0. The Bertz CT molecular complexity index is 534. The number of rotatable bonds is 4. The molecule has 2 amide bonds. The van der Waals surface area contributed by atoms with Gasteiger partial charge in [-0.1, -0.05) is 18.2 Å². The number of amides is 2. The molecule has 1 aliphatic carbocycles. The quantitative estimate of drug-likeness (QED) is 0.910. The maximum absolute atomic E-state index is 12.4. The average Bonchev–Trinajstić information content (AvgIpc) is 3.40. The molecule has 0 bridgehead atoms. The smallest absolute Gasteiger partial charge is 0.244 e. The van der Waals surface area contributed by atoms with Crippen molar-refractivity contribution in [1.82, 2.24) is 10.2 Å². The molecule has 0 unspecified atom stereocenters. The fraction of sp³-hybridized carbons (Fsp3) is 0.529. The highest BCUT2D eigenvalue weighted by Crippen LogP contribution is 2.28. The van der Waals surface area contributed by atoms with Crippen LogP contribution in [0.2, 0.25) is 0 Å². The molecule has 2 fully saturated rings. The normalized spacial score (nSPS) is 19.7. The molecular formula is C17H23N3O2. The minimum Gasteiger partial charge on any atom is -0.368 e. The highest BCUT2D eigenvalue weighted by Gasteiger charge is 2.32. The van der Waals surface area contributed by atoms with Gasteiger partial charge in [-0.3, -0.25) is 9.59 Å². The van der Waals surface area contributed by atoms with E-state index < -0.39 is 6.04 Å². The second kappa shape index (κ2) is 6.38. The predicted molar refractivity (Wildman–Crippen MR) is 85.6 cm³/mol. The first-order chi connectivity index (χ1) is 10.6. The lowest BCUT2D eigenvalue weighted by molar-refractivity contribution is -0.136. The van der Waals surface area contributed by atoms with E-state index in [9.17, 15) is 9.59 Å². The Morgan fingerprint density at radius 1 is 1.09 bits per heavy atom. The molecule has 1 aromatic carbocycles. The fourth-order valence-corrected chi connectivity index (χ4v) is 2.84. The molecule has 5 heteroatoms. The van der Waals surface area contributed by atoms with Crippen LogP contribution in [0.4, 0.5) is 5.69 Å². The van der Waals surface area contributed by atoms with E-state index in [2.05, 4.69) is 22.3 Å². The number of hydrogen-bond acceptors (Lipinski definition) is 3. The lowest BCUT2D eigenvalue weighted by atomic mass is 10.2. The van der Waals surface area contributed by atoms with Crippen LogP contribution in [0, 0.1) is 5.92 Å². The van der Waals surface area contributed by atoms with Gasteiger partial charge in [0, 0.05) is 37.8 Å². The number of benzene rings is 1. The van der Waals surface area contributed by atoms with Gasteiger partial charge in [-0.15, -0.1) is 0 Å².